The second-order valence-electron chi connectivity index (χ2n) is 3.12. The summed E-state index contributed by atoms with van der Waals surface area (Å²) in [6, 6.07) is 11.6. The second-order valence-corrected chi connectivity index (χ2v) is 3.12. The maximum Gasteiger partial charge on any atom is 0.0991 e. The van der Waals surface area contributed by atoms with E-state index in [9.17, 15) is 0 Å². The summed E-state index contributed by atoms with van der Waals surface area (Å²) in [4.78, 5) is 0. The zero-order chi connectivity index (χ0) is 9.80. The molecule has 0 saturated carbocycles. The van der Waals surface area contributed by atoms with E-state index in [4.69, 9.17) is 9.68 Å². The molecule has 0 fully saturated rings. The van der Waals surface area contributed by atoms with E-state index in [1.54, 1.807) is 12.5 Å². The van der Waals surface area contributed by atoms with Gasteiger partial charge in [-0.1, -0.05) is 12.1 Å². The molecular formula is C12H9NO. The predicted molar refractivity (Wildman–Crippen MR) is 52.7 cm³/mol. The zero-order valence-corrected chi connectivity index (χ0v) is 7.60. The Bertz CT molecular complexity index is 434. The first-order valence-electron chi connectivity index (χ1n) is 4.38. The minimum absolute atomic E-state index is 0.695. The van der Waals surface area contributed by atoms with Gasteiger partial charge in [0.25, 0.3) is 0 Å². The Morgan fingerprint density at radius 2 is 1.86 bits per heavy atom. The summed E-state index contributed by atoms with van der Waals surface area (Å²) in [6.07, 6.45) is 4.25. The molecule has 0 atom stereocenters. The third-order valence-electron chi connectivity index (χ3n) is 2.07. The molecule has 1 aromatic carbocycles. The molecule has 0 aliphatic heterocycles. The summed E-state index contributed by atoms with van der Waals surface area (Å²) in [5.41, 5.74) is 3.03. The van der Waals surface area contributed by atoms with Crippen molar-refractivity contribution in [2.45, 2.75) is 6.42 Å². The van der Waals surface area contributed by atoms with E-state index in [2.05, 4.69) is 6.07 Å². The van der Waals surface area contributed by atoms with Gasteiger partial charge in [-0.05, 0) is 29.3 Å². The molecule has 0 unspecified atom stereocenters. The Morgan fingerprint density at radius 1 is 1.07 bits per heavy atom. The molecule has 0 N–H and O–H groups in total. The van der Waals surface area contributed by atoms with Crippen molar-refractivity contribution in [3.63, 3.8) is 0 Å². The molecule has 0 saturated heterocycles. The van der Waals surface area contributed by atoms with Gasteiger partial charge in [-0.15, -0.1) is 0 Å². The molecule has 2 nitrogen and oxygen atoms in total. The van der Waals surface area contributed by atoms with Crippen molar-refractivity contribution in [1.82, 2.24) is 0 Å². The van der Waals surface area contributed by atoms with Gasteiger partial charge in [0.2, 0.25) is 0 Å². The molecule has 2 rings (SSSR count). The summed E-state index contributed by atoms with van der Waals surface area (Å²) >= 11 is 0. The second kappa shape index (κ2) is 3.80. The topological polar surface area (TPSA) is 36.9 Å². The summed E-state index contributed by atoms with van der Waals surface area (Å²) in [5, 5.41) is 8.62. The fourth-order valence-electron chi connectivity index (χ4n) is 1.33. The monoisotopic (exact) mass is 183 g/mol. The largest absolute Gasteiger partial charge is 0.472 e. The highest BCUT2D eigenvalue weighted by Gasteiger charge is 1.97. The van der Waals surface area contributed by atoms with E-state index in [1.165, 1.54) is 5.56 Å². The van der Waals surface area contributed by atoms with Crippen LogP contribution in [0.1, 0.15) is 16.7 Å². The zero-order valence-electron chi connectivity index (χ0n) is 7.60. The van der Waals surface area contributed by atoms with Gasteiger partial charge in [0.1, 0.15) is 0 Å². The molecule has 0 aliphatic rings. The number of hydrogen-bond donors (Lipinski definition) is 0. The Balaban J connectivity index is 2.15. The lowest BCUT2D eigenvalue weighted by atomic mass is 10.1. The van der Waals surface area contributed by atoms with Crippen LogP contribution in [-0.2, 0) is 6.42 Å². The summed E-state index contributed by atoms with van der Waals surface area (Å²) < 4.78 is 4.98. The SMILES string of the molecule is N#Cc1ccc(Cc2ccoc2)cc1. The molecule has 2 aromatic rings. The van der Waals surface area contributed by atoms with Crippen LogP contribution in [0.3, 0.4) is 0 Å². The van der Waals surface area contributed by atoms with Gasteiger partial charge >= 0.3 is 0 Å². The van der Waals surface area contributed by atoms with E-state index in [0.717, 1.165) is 12.0 Å². The number of nitrogens with zero attached hydrogens (tertiary/aromatic N) is 1. The quantitative estimate of drug-likeness (QED) is 0.717. The summed E-state index contributed by atoms with van der Waals surface area (Å²) in [7, 11) is 0. The molecule has 0 amide bonds. The van der Waals surface area contributed by atoms with Crippen LogP contribution in [0.4, 0.5) is 0 Å². The van der Waals surface area contributed by atoms with Crippen molar-refractivity contribution in [1.29, 1.82) is 5.26 Å². The van der Waals surface area contributed by atoms with Crippen molar-refractivity contribution in [3.05, 3.63) is 59.5 Å². The van der Waals surface area contributed by atoms with Crippen molar-refractivity contribution in [2.24, 2.45) is 0 Å². The molecule has 0 radical (unpaired) electrons. The van der Waals surface area contributed by atoms with Crippen LogP contribution in [0, 0.1) is 11.3 Å². The lowest BCUT2D eigenvalue weighted by molar-refractivity contribution is 0.564. The fourth-order valence-corrected chi connectivity index (χ4v) is 1.33. The normalized spacial score (nSPS) is 9.64. The number of furan rings is 1. The Labute approximate surface area is 82.4 Å². The van der Waals surface area contributed by atoms with Crippen LogP contribution in [0.15, 0.2) is 47.3 Å². The highest BCUT2D eigenvalue weighted by atomic mass is 16.3. The van der Waals surface area contributed by atoms with Crippen molar-refractivity contribution in [3.8, 4) is 6.07 Å². The van der Waals surface area contributed by atoms with Gasteiger partial charge in [0.05, 0.1) is 24.2 Å². The standard InChI is InChI=1S/C12H9NO/c13-8-11-3-1-10(2-4-11)7-12-5-6-14-9-12/h1-6,9H,7H2. The molecule has 68 valence electrons. The van der Waals surface area contributed by atoms with Crippen LogP contribution in [-0.4, -0.2) is 0 Å². The first-order valence-corrected chi connectivity index (χ1v) is 4.38. The highest BCUT2D eigenvalue weighted by Crippen LogP contribution is 2.10. The molecule has 0 spiro atoms. The predicted octanol–water partition coefficient (Wildman–Crippen LogP) is 2.74. The average molecular weight is 183 g/mol. The number of rotatable bonds is 2. The maximum atomic E-state index is 8.62. The first-order chi connectivity index (χ1) is 6.88. The van der Waals surface area contributed by atoms with Crippen LogP contribution in [0.5, 0.6) is 0 Å². The lowest BCUT2D eigenvalue weighted by Crippen LogP contribution is -1.85. The summed E-state index contributed by atoms with van der Waals surface area (Å²) in [5.74, 6) is 0. The Hall–Kier alpha value is -2.01. The van der Waals surface area contributed by atoms with Gasteiger partial charge < -0.3 is 4.42 Å². The molecule has 0 aliphatic carbocycles. The third kappa shape index (κ3) is 1.83. The maximum absolute atomic E-state index is 8.62. The van der Waals surface area contributed by atoms with Gasteiger partial charge in [-0.3, -0.25) is 0 Å². The van der Waals surface area contributed by atoms with Crippen molar-refractivity contribution < 1.29 is 4.42 Å². The molecule has 2 heteroatoms. The highest BCUT2D eigenvalue weighted by molar-refractivity contribution is 5.33. The van der Waals surface area contributed by atoms with Crippen LogP contribution >= 0.6 is 0 Å². The van der Waals surface area contributed by atoms with Gasteiger partial charge in [-0.25, -0.2) is 0 Å². The van der Waals surface area contributed by atoms with Gasteiger partial charge in [0.15, 0.2) is 0 Å². The summed E-state index contributed by atoms with van der Waals surface area (Å²) in [6.45, 7) is 0. The molecule has 14 heavy (non-hydrogen) atoms. The average Bonchev–Trinajstić information content (AvgIpc) is 2.72. The van der Waals surface area contributed by atoms with Crippen LogP contribution in [0.2, 0.25) is 0 Å². The molecular weight excluding hydrogens is 174 g/mol. The van der Waals surface area contributed by atoms with E-state index in [0.29, 0.717) is 5.56 Å². The molecule has 1 aromatic heterocycles. The number of benzene rings is 1. The van der Waals surface area contributed by atoms with Crippen LogP contribution < -0.4 is 0 Å². The van der Waals surface area contributed by atoms with Crippen molar-refractivity contribution in [2.75, 3.05) is 0 Å². The number of nitriles is 1. The smallest absolute Gasteiger partial charge is 0.0991 e. The Kier molecular flexibility index (Phi) is 2.33. The number of hydrogen-bond acceptors (Lipinski definition) is 2. The lowest BCUT2D eigenvalue weighted by Gasteiger charge is -1.97. The van der Waals surface area contributed by atoms with Crippen molar-refractivity contribution >= 4 is 0 Å². The van der Waals surface area contributed by atoms with Gasteiger partial charge in [-0.2, -0.15) is 5.26 Å². The molecule has 0 bridgehead atoms. The van der Waals surface area contributed by atoms with Gasteiger partial charge in [0, 0.05) is 6.42 Å². The van der Waals surface area contributed by atoms with E-state index >= 15 is 0 Å². The van der Waals surface area contributed by atoms with E-state index in [1.807, 2.05) is 30.3 Å². The fraction of sp³-hybridized carbons (Fsp3) is 0.0833. The molecule has 1 heterocycles. The Morgan fingerprint density at radius 3 is 2.43 bits per heavy atom. The van der Waals surface area contributed by atoms with E-state index < -0.39 is 0 Å². The third-order valence-corrected chi connectivity index (χ3v) is 2.07. The van der Waals surface area contributed by atoms with E-state index in [-0.39, 0.29) is 0 Å². The van der Waals surface area contributed by atoms with Crippen LogP contribution in [0.25, 0.3) is 0 Å². The minimum Gasteiger partial charge on any atom is -0.472 e. The minimum atomic E-state index is 0.695. The first kappa shape index (κ1) is 8.58.